The predicted molar refractivity (Wildman–Crippen MR) is 70.2 cm³/mol. The zero-order valence-corrected chi connectivity index (χ0v) is 10.4. The van der Waals surface area contributed by atoms with Crippen LogP contribution in [0.2, 0.25) is 0 Å². The van der Waals surface area contributed by atoms with Crippen molar-refractivity contribution in [2.45, 2.75) is 31.9 Å². The molecule has 1 aliphatic carbocycles. The first-order valence-electron chi connectivity index (χ1n) is 5.37. The number of rotatable bonds is 1. The van der Waals surface area contributed by atoms with E-state index in [-0.39, 0.29) is 0 Å². The minimum Gasteiger partial charge on any atom is -0.397 e. The predicted octanol–water partition coefficient (Wildman–Crippen LogP) is 2.26. The van der Waals surface area contributed by atoms with E-state index in [1.54, 1.807) is 11.8 Å². The monoisotopic (exact) mass is 235 g/mol. The SMILES string of the molecule is CC1=CCC(C2=C(N)C(N)=C(C)CC2=N)S1. The van der Waals surface area contributed by atoms with Crippen LogP contribution in [0.15, 0.2) is 33.5 Å². The molecule has 0 saturated heterocycles. The Morgan fingerprint density at radius 3 is 2.56 bits per heavy atom. The summed E-state index contributed by atoms with van der Waals surface area (Å²) in [6.45, 7) is 4.04. The molecule has 1 heterocycles. The average Bonchev–Trinajstić information content (AvgIpc) is 2.61. The molecule has 2 aliphatic rings. The van der Waals surface area contributed by atoms with Crippen LogP contribution in [0.3, 0.4) is 0 Å². The number of allylic oxidation sites excluding steroid dienone is 3. The van der Waals surface area contributed by atoms with Crippen molar-refractivity contribution in [1.82, 2.24) is 0 Å². The van der Waals surface area contributed by atoms with E-state index in [0.29, 0.717) is 28.8 Å². The highest BCUT2D eigenvalue weighted by molar-refractivity contribution is 8.04. The summed E-state index contributed by atoms with van der Waals surface area (Å²) >= 11 is 1.79. The van der Waals surface area contributed by atoms with Gasteiger partial charge in [-0.1, -0.05) is 6.08 Å². The fraction of sp³-hybridized carbons (Fsp3) is 0.417. The zero-order chi connectivity index (χ0) is 11.9. The maximum atomic E-state index is 8.06. The Morgan fingerprint density at radius 1 is 1.31 bits per heavy atom. The minimum atomic E-state index is 0.291. The Hall–Kier alpha value is -1.16. The first-order valence-corrected chi connectivity index (χ1v) is 6.25. The second-order valence-electron chi connectivity index (χ2n) is 4.33. The summed E-state index contributed by atoms with van der Waals surface area (Å²) < 4.78 is 0. The van der Waals surface area contributed by atoms with Crippen molar-refractivity contribution in [2.75, 3.05) is 0 Å². The van der Waals surface area contributed by atoms with Crippen molar-refractivity contribution in [3.05, 3.63) is 33.5 Å². The van der Waals surface area contributed by atoms with Crippen LogP contribution in [0.4, 0.5) is 0 Å². The lowest BCUT2D eigenvalue weighted by molar-refractivity contribution is 0.977. The van der Waals surface area contributed by atoms with Crippen molar-refractivity contribution in [3.8, 4) is 0 Å². The average molecular weight is 235 g/mol. The molecule has 0 bridgehead atoms. The lowest BCUT2D eigenvalue weighted by atomic mass is 9.89. The van der Waals surface area contributed by atoms with Gasteiger partial charge in [0.15, 0.2) is 0 Å². The Labute approximate surface area is 100 Å². The van der Waals surface area contributed by atoms with Gasteiger partial charge in [0.05, 0.1) is 11.4 Å². The van der Waals surface area contributed by atoms with Crippen LogP contribution in [0.5, 0.6) is 0 Å². The van der Waals surface area contributed by atoms with E-state index in [1.165, 1.54) is 4.91 Å². The third-order valence-corrected chi connectivity index (χ3v) is 4.33. The Morgan fingerprint density at radius 2 is 2.00 bits per heavy atom. The maximum Gasteiger partial charge on any atom is 0.0609 e. The molecule has 1 aliphatic heterocycles. The summed E-state index contributed by atoms with van der Waals surface area (Å²) in [4.78, 5) is 1.31. The lowest BCUT2D eigenvalue weighted by Gasteiger charge is -2.24. The topological polar surface area (TPSA) is 75.9 Å². The standard InChI is InChI=1S/C12H17N3S/c1-6-5-8(13)10(12(15)11(6)14)9-4-3-7(2)16-9/h3,9,13H,4-5,14-15H2,1-2H3. The van der Waals surface area contributed by atoms with Gasteiger partial charge >= 0.3 is 0 Å². The molecule has 1 atom stereocenters. The van der Waals surface area contributed by atoms with E-state index in [4.69, 9.17) is 16.9 Å². The van der Waals surface area contributed by atoms with Gasteiger partial charge in [-0.15, -0.1) is 11.8 Å². The number of thioether (sulfide) groups is 1. The molecule has 4 heteroatoms. The molecule has 0 saturated carbocycles. The normalized spacial score (nSPS) is 26.5. The molecular formula is C12H17N3S. The molecule has 0 aromatic rings. The van der Waals surface area contributed by atoms with Crippen molar-refractivity contribution >= 4 is 17.5 Å². The van der Waals surface area contributed by atoms with E-state index < -0.39 is 0 Å². The highest BCUT2D eigenvalue weighted by Gasteiger charge is 2.28. The van der Waals surface area contributed by atoms with Gasteiger partial charge in [-0.25, -0.2) is 0 Å². The molecule has 16 heavy (non-hydrogen) atoms. The van der Waals surface area contributed by atoms with Gasteiger partial charge in [0.2, 0.25) is 0 Å². The van der Waals surface area contributed by atoms with Crippen LogP contribution in [0.25, 0.3) is 0 Å². The first kappa shape index (κ1) is 11.3. The number of hydrogen-bond donors (Lipinski definition) is 3. The van der Waals surface area contributed by atoms with E-state index >= 15 is 0 Å². The Balaban J connectivity index is 2.36. The van der Waals surface area contributed by atoms with Gasteiger partial charge in [-0.05, 0) is 30.7 Å². The second kappa shape index (κ2) is 4.01. The van der Waals surface area contributed by atoms with Crippen LogP contribution in [0, 0.1) is 5.41 Å². The first-order chi connectivity index (χ1) is 7.50. The minimum absolute atomic E-state index is 0.291. The van der Waals surface area contributed by atoms with Crippen molar-refractivity contribution in [1.29, 1.82) is 5.41 Å². The molecule has 0 aromatic carbocycles. The number of hydrogen-bond acceptors (Lipinski definition) is 4. The Kier molecular flexibility index (Phi) is 2.84. The summed E-state index contributed by atoms with van der Waals surface area (Å²) in [5.74, 6) is 0. The number of nitrogens with two attached hydrogens (primary N) is 2. The summed E-state index contributed by atoms with van der Waals surface area (Å²) in [5.41, 5.74) is 15.9. The molecular weight excluding hydrogens is 218 g/mol. The third-order valence-electron chi connectivity index (χ3n) is 3.08. The van der Waals surface area contributed by atoms with E-state index in [1.807, 2.05) is 6.92 Å². The van der Waals surface area contributed by atoms with Crippen LogP contribution < -0.4 is 11.5 Å². The van der Waals surface area contributed by atoms with E-state index in [0.717, 1.165) is 17.6 Å². The smallest absolute Gasteiger partial charge is 0.0609 e. The van der Waals surface area contributed by atoms with E-state index in [2.05, 4.69) is 13.0 Å². The second-order valence-corrected chi connectivity index (χ2v) is 5.78. The highest BCUT2D eigenvalue weighted by Crippen LogP contribution is 2.39. The molecule has 0 aromatic heterocycles. The molecule has 2 rings (SSSR count). The fourth-order valence-corrected chi connectivity index (χ4v) is 3.35. The van der Waals surface area contributed by atoms with Crippen molar-refractivity contribution < 1.29 is 0 Å². The van der Waals surface area contributed by atoms with Crippen molar-refractivity contribution in [2.24, 2.45) is 11.5 Å². The summed E-state index contributed by atoms with van der Waals surface area (Å²) in [6.07, 6.45) is 3.80. The molecule has 0 spiro atoms. The maximum absolute atomic E-state index is 8.06. The molecule has 1 unspecified atom stereocenters. The van der Waals surface area contributed by atoms with Gasteiger partial charge in [0.25, 0.3) is 0 Å². The quantitative estimate of drug-likeness (QED) is 0.652. The largest absolute Gasteiger partial charge is 0.397 e. The summed E-state index contributed by atoms with van der Waals surface area (Å²) in [7, 11) is 0. The van der Waals surface area contributed by atoms with Gasteiger partial charge in [0.1, 0.15) is 0 Å². The van der Waals surface area contributed by atoms with Gasteiger partial charge in [-0.3, -0.25) is 0 Å². The molecule has 86 valence electrons. The Bertz CT molecular complexity index is 443. The molecule has 0 amide bonds. The molecule has 3 nitrogen and oxygen atoms in total. The third kappa shape index (κ3) is 1.78. The van der Waals surface area contributed by atoms with Gasteiger partial charge in [-0.2, -0.15) is 0 Å². The molecule has 0 radical (unpaired) electrons. The zero-order valence-electron chi connectivity index (χ0n) is 9.63. The van der Waals surface area contributed by atoms with Gasteiger partial charge in [0, 0.05) is 23.0 Å². The summed E-state index contributed by atoms with van der Waals surface area (Å²) in [5, 5.41) is 8.35. The lowest BCUT2D eigenvalue weighted by Crippen LogP contribution is -2.27. The fourth-order valence-electron chi connectivity index (χ4n) is 2.13. The van der Waals surface area contributed by atoms with E-state index in [9.17, 15) is 0 Å². The highest BCUT2D eigenvalue weighted by atomic mass is 32.2. The molecule has 5 N–H and O–H groups in total. The molecule has 0 fully saturated rings. The van der Waals surface area contributed by atoms with Crippen LogP contribution in [-0.4, -0.2) is 11.0 Å². The van der Waals surface area contributed by atoms with Crippen molar-refractivity contribution in [3.63, 3.8) is 0 Å². The van der Waals surface area contributed by atoms with Crippen LogP contribution in [-0.2, 0) is 0 Å². The number of nitrogens with one attached hydrogen (secondary N) is 1. The van der Waals surface area contributed by atoms with Crippen LogP contribution >= 0.6 is 11.8 Å². The van der Waals surface area contributed by atoms with Crippen LogP contribution in [0.1, 0.15) is 26.7 Å². The van der Waals surface area contributed by atoms with Gasteiger partial charge < -0.3 is 16.9 Å². The summed E-state index contributed by atoms with van der Waals surface area (Å²) in [6, 6.07) is 0.